The molecule has 0 atom stereocenters. The van der Waals surface area contributed by atoms with Gasteiger partial charge in [-0.1, -0.05) is 36.7 Å². The van der Waals surface area contributed by atoms with E-state index in [9.17, 15) is 24.5 Å². The second-order valence-electron chi connectivity index (χ2n) is 6.68. The average Bonchev–Trinajstić information content (AvgIpc) is 2.73. The summed E-state index contributed by atoms with van der Waals surface area (Å²) in [5.41, 5.74) is 1.17. The third kappa shape index (κ3) is 6.78. The summed E-state index contributed by atoms with van der Waals surface area (Å²) in [4.78, 5) is 48.5. The van der Waals surface area contributed by atoms with Crippen LogP contribution in [0.4, 0.5) is 11.4 Å². The van der Waals surface area contributed by atoms with Crippen molar-refractivity contribution in [1.29, 1.82) is 0 Å². The van der Waals surface area contributed by atoms with Crippen LogP contribution in [-0.4, -0.2) is 47.3 Å². The minimum atomic E-state index is -0.894. The van der Waals surface area contributed by atoms with Gasteiger partial charge in [0.15, 0.2) is 6.61 Å². The molecule has 2 amide bonds. The number of esters is 1. The fourth-order valence-corrected chi connectivity index (χ4v) is 2.97. The van der Waals surface area contributed by atoms with E-state index < -0.39 is 23.4 Å². The number of nitro benzene ring substituents is 1. The molecule has 0 heterocycles. The number of carbonyl (C=O) groups excluding carboxylic acids is 3. The van der Waals surface area contributed by atoms with Gasteiger partial charge >= 0.3 is 5.97 Å². The zero-order valence-electron chi connectivity index (χ0n) is 17.1. The number of carbonyl (C=O) groups is 3. The van der Waals surface area contributed by atoms with Gasteiger partial charge in [-0.25, -0.2) is 4.79 Å². The molecule has 31 heavy (non-hydrogen) atoms. The van der Waals surface area contributed by atoms with Crippen molar-refractivity contribution in [2.24, 2.45) is 0 Å². The number of amides is 2. The van der Waals surface area contributed by atoms with Crippen LogP contribution in [0.3, 0.4) is 0 Å². The maximum absolute atomic E-state index is 12.5. The lowest BCUT2D eigenvalue weighted by atomic mass is 10.2. The second kappa shape index (κ2) is 11.1. The Balaban J connectivity index is 1.97. The molecule has 1 N–H and O–H groups in total. The SMILES string of the molecule is CCCN(CC(=O)Nc1ccccc1C)C(=O)COC(=O)c1ccc([N+](=O)[O-])cc1Cl. The van der Waals surface area contributed by atoms with E-state index in [0.717, 1.165) is 23.8 Å². The van der Waals surface area contributed by atoms with Gasteiger partial charge in [0.1, 0.15) is 0 Å². The topological polar surface area (TPSA) is 119 Å². The number of halogens is 1. The highest BCUT2D eigenvalue weighted by Crippen LogP contribution is 2.23. The molecule has 2 aromatic carbocycles. The summed E-state index contributed by atoms with van der Waals surface area (Å²) in [6.07, 6.45) is 0.603. The average molecular weight is 448 g/mol. The van der Waals surface area contributed by atoms with Crippen molar-refractivity contribution in [1.82, 2.24) is 4.90 Å². The Kier molecular flexibility index (Phi) is 8.51. The van der Waals surface area contributed by atoms with Crippen LogP contribution in [0.2, 0.25) is 5.02 Å². The molecule has 2 aromatic rings. The van der Waals surface area contributed by atoms with Gasteiger partial charge in [0, 0.05) is 24.4 Å². The van der Waals surface area contributed by atoms with E-state index >= 15 is 0 Å². The van der Waals surface area contributed by atoms with Crippen molar-refractivity contribution in [3.63, 3.8) is 0 Å². The molecule has 0 fully saturated rings. The summed E-state index contributed by atoms with van der Waals surface area (Å²) >= 11 is 5.90. The highest BCUT2D eigenvalue weighted by atomic mass is 35.5. The summed E-state index contributed by atoms with van der Waals surface area (Å²) in [5, 5.41) is 13.4. The van der Waals surface area contributed by atoms with Gasteiger partial charge in [-0.05, 0) is 31.0 Å². The third-order valence-corrected chi connectivity index (χ3v) is 4.62. The minimum absolute atomic E-state index is 0.0978. The van der Waals surface area contributed by atoms with Gasteiger partial charge in [0.05, 0.1) is 22.1 Å². The number of aryl methyl sites for hydroxylation is 1. The molecule has 0 unspecified atom stereocenters. The van der Waals surface area contributed by atoms with Crippen molar-refractivity contribution < 1.29 is 24.0 Å². The van der Waals surface area contributed by atoms with E-state index in [0.29, 0.717) is 18.7 Å². The molecule has 0 aliphatic rings. The molecular weight excluding hydrogens is 426 g/mol. The number of anilines is 1. The van der Waals surface area contributed by atoms with Gasteiger partial charge in [0.25, 0.3) is 11.6 Å². The molecule has 0 radical (unpaired) electrons. The van der Waals surface area contributed by atoms with Crippen LogP contribution in [0, 0.1) is 17.0 Å². The van der Waals surface area contributed by atoms with E-state index in [2.05, 4.69) is 5.32 Å². The molecule has 0 aromatic heterocycles. The Morgan fingerprint density at radius 1 is 1.19 bits per heavy atom. The summed E-state index contributed by atoms with van der Waals surface area (Å²) < 4.78 is 5.00. The van der Waals surface area contributed by atoms with Crippen molar-refractivity contribution in [2.45, 2.75) is 20.3 Å². The molecule has 0 spiro atoms. The lowest BCUT2D eigenvalue weighted by Gasteiger charge is -2.21. The first kappa shape index (κ1) is 23.8. The summed E-state index contributed by atoms with van der Waals surface area (Å²) in [7, 11) is 0. The van der Waals surface area contributed by atoms with Crippen LogP contribution in [0.1, 0.15) is 29.3 Å². The monoisotopic (exact) mass is 447 g/mol. The first-order valence-corrected chi connectivity index (χ1v) is 9.85. The second-order valence-corrected chi connectivity index (χ2v) is 7.08. The molecule has 10 heteroatoms. The number of ether oxygens (including phenoxy) is 1. The molecule has 0 aliphatic heterocycles. The first-order chi connectivity index (χ1) is 14.7. The summed E-state index contributed by atoms with van der Waals surface area (Å²) in [6, 6.07) is 10.6. The van der Waals surface area contributed by atoms with Crippen LogP contribution in [0.5, 0.6) is 0 Å². The van der Waals surface area contributed by atoms with Gasteiger partial charge < -0.3 is 15.0 Å². The fraction of sp³-hybridized carbons (Fsp3) is 0.286. The maximum Gasteiger partial charge on any atom is 0.340 e. The van der Waals surface area contributed by atoms with Crippen molar-refractivity contribution in [2.75, 3.05) is 25.0 Å². The smallest absolute Gasteiger partial charge is 0.340 e. The van der Waals surface area contributed by atoms with Gasteiger partial charge in [-0.2, -0.15) is 0 Å². The molecule has 9 nitrogen and oxygen atoms in total. The molecular formula is C21H22ClN3O6. The Labute approximate surface area is 184 Å². The Morgan fingerprint density at radius 3 is 2.52 bits per heavy atom. The number of hydrogen-bond acceptors (Lipinski definition) is 6. The number of nitro groups is 1. The van der Waals surface area contributed by atoms with Crippen molar-refractivity contribution in [3.8, 4) is 0 Å². The number of non-ortho nitro benzene ring substituents is 1. The lowest BCUT2D eigenvalue weighted by Crippen LogP contribution is -2.40. The molecule has 0 saturated heterocycles. The Bertz CT molecular complexity index is 995. The molecule has 0 saturated carbocycles. The van der Waals surface area contributed by atoms with E-state index in [1.165, 1.54) is 4.90 Å². The van der Waals surface area contributed by atoms with E-state index in [1.54, 1.807) is 12.1 Å². The van der Waals surface area contributed by atoms with Crippen LogP contribution in [-0.2, 0) is 14.3 Å². The molecule has 0 bridgehead atoms. The summed E-state index contributed by atoms with van der Waals surface area (Å²) in [5.74, 6) is -1.82. The lowest BCUT2D eigenvalue weighted by molar-refractivity contribution is -0.384. The Hall–Kier alpha value is -3.46. The number of benzene rings is 2. The van der Waals surface area contributed by atoms with Crippen LogP contribution in [0.25, 0.3) is 0 Å². The van der Waals surface area contributed by atoms with Crippen molar-refractivity contribution >= 4 is 40.8 Å². The minimum Gasteiger partial charge on any atom is -0.452 e. The number of nitrogens with one attached hydrogen (secondary N) is 1. The van der Waals surface area contributed by atoms with E-state index in [-0.39, 0.29) is 28.7 Å². The standard InChI is InChI=1S/C21H22ClN3O6/c1-3-10-24(12-19(26)23-18-7-5-4-6-14(18)2)20(27)13-31-21(28)16-9-8-15(25(29)30)11-17(16)22/h4-9,11H,3,10,12-13H2,1-2H3,(H,23,26). The maximum atomic E-state index is 12.5. The highest BCUT2D eigenvalue weighted by Gasteiger charge is 2.21. The number of hydrogen-bond donors (Lipinski definition) is 1. The fourth-order valence-electron chi connectivity index (χ4n) is 2.72. The molecule has 0 aliphatic carbocycles. The zero-order valence-corrected chi connectivity index (χ0v) is 17.8. The number of rotatable bonds is 9. The van der Waals surface area contributed by atoms with Gasteiger partial charge in [-0.15, -0.1) is 0 Å². The summed E-state index contributed by atoms with van der Waals surface area (Å²) in [6.45, 7) is 3.21. The molecule has 2 rings (SSSR count). The highest BCUT2D eigenvalue weighted by molar-refractivity contribution is 6.33. The van der Waals surface area contributed by atoms with Gasteiger partial charge in [-0.3, -0.25) is 19.7 Å². The predicted octanol–water partition coefficient (Wildman–Crippen LogP) is 3.59. The Morgan fingerprint density at radius 2 is 1.90 bits per heavy atom. The van der Waals surface area contributed by atoms with Gasteiger partial charge in [0.2, 0.25) is 5.91 Å². The van der Waals surface area contributed by atoms with Crippen molar-refractivity contribution in [3.05, 3.63) is 68.7 Å². The largest absolute Gasteiger partial charge is 0.452 e. The number of nitrogens with zero attached hydrogens (tertiary/aromatic N) is 2. The van der Waals surface area contributed by atoms with Crippen LogP contribution < -0.4 is 5.32 Å². The number of para-hydroxylation sites is 1. The molecule has 164 valence electrons. The quantitative estimate of drug-likeness (QED) is 0.356. The normalized spacial score (nSPS) is 10.3. The predicted molar refractivity (Wildman–Crippen MR) is 115 cm³/mol. The van der Waals surface area contributed by atoms with Crippen LogP contribution in [0.15, 0.2) is 42.5 Å². The first-order valence-electron chi connectivity index (χ1n) is 9.47. The van der Waals surface area contributed by atoms with E-state index in [1.807, 2.05) is 26.0 Å². The van der Waals surface area contributed by atoms with E-state index in [4.69, 9.17) is 16.3 Å². The zero-order chi connectivity index (χ0) is 23.0. The third-order valence-electron chi connectivity index (χ3n) is 4.31. The van der Waals surface area contributed by atoms with Crippen LogP contribution >= 0.6 is 11.6 Å².